The SMILES string of the molecule is NC1=NC(c2ccc(O)cc2)Cc2ccccc21. The summed E-state index contributed by atoms with van der Waals surface area (Å²) in [5.74, 6) is 0.863. The van der Waals surface area contributed by atoms with Crippen LogP contribution < -0.4 is 5.73 Å². The first-order valence-electron chi connectivity index (χ1n) is 5.94. The molecular weight excluding hydrogens is 224 g/mol. The average Bonchev–Trinajstić information content (AvgIpc) is 2.39. The number of amidine groups is 1. The van der Waals surface area contributed by atoms with Crippen LogP contribution in [-0.4, -0.2) is 10.9 Å². The normalized spacial score (nSPS) is 18.0. The van der Waals surface area contributed by atoms with E-state index in [2.05, 4.69) is 11.1 Å². The summed E-state index contributed by atoms with van der Waals surface area (Å²) in [6.07, 6.45) is 0.849. The third-order valence-corrected chi connectivity index (χ3v) is 3.28. The molecule has 0 saturated carbocycles. The minimum absolute atomic E-state index is 0.0421. The first kappa shape index (κ1) is 10.8. The van der Waals surface area contributed by atoms with Gasteiger partial charge in [-0.3, -0.25) is 4.99 Å². The van der Waals surface area contributed by atoms with Gasteiger partial charge in [0.05, 0.1) is 6.04 Å². The van der Waals surface area contributed by atoms with Crippen molar-refractivity contribution in [3.63, 3.8) is 0 Å². The molecule has 90 valence electrons. The molecule has 1 atom stereocenters. The molecule has 3 nitrogen and oxygen atoms in total. The first-order chi connectivity index (χ1) is 8.74. The zero-order valence-electron chi connectivity index (χ0n) is 9.88. The van der Waals surface area contributed by atoms with Crippen LogP contribution in [0, 0.1) is 0 Å². The number of phenolic OH excluding ortho intramolecular Hbond substituents is 1. The summed E-state index contributed by atoms with van der Waals surface area (Å²) in [6, 6.07) is 15.3. The molecule has 0 spiro atoms. The molecule has 2 aromatic rings. The monoisotopic (exact) mass is 238 g/mol. The largest absolute Gasteiger partial charge is 0.508 e. The van der Waals surface area contributed by atoms with E-state index in [0.717, 1.165) is 17.5 Å². The fourth-order valence-electron chi connectivity index (χ4n) is 2.33. The van der Waals surface area contributed by atoms with Gasteiger partial charge < -0.3 is 10.8 Å². The van der Waals surface area contributed by atoms with Crippen molar-refractivity contribution in [2.45, 2.75) is 12.5 Å². The molecule has 1 unspecified atom stereocenters. The highest BCUT2D eigenvalue weighted by Crippen LogP contribution is 2.29. The van der Waals surface area contributed by atoms with Crippen LogP contribution in [0.25, 0.3) is 0 Å². The summed E-state index contributed by atoms with van der Waals surface area (Å²) >= 11 is 0. The molecule has 0 aliphatic carbocycles. The second-order valence-electron chi connectivity index (χ2n) is 4.48. The van der Waals surface area contributed by atoms with Gasteiger partial charge in [0.15, 0.2) is 0 Å². The minimum Gasteiger partial charge on any atom is -0.508 e. The van der Waals surface area contributed by atoms with Crippen molar-refractivity contribution in [1.82, 2.24) is 0 Å². The van der Waals surface area contributed by atoms with E-state index in [1.165, 1.54) is 5.56 Å². The van der Waals surface area contributed by atoms with Gasteiger partial charge in [0.25, 0.3) is 0 Å². The average molecular weight is 238 g/mol. The van der Waals surface area contributed by atoms with Crippen molar-refractivity contribution in [3.05, 3.63) is 65.2 Å². The molecule has 0 saturated heterocycles. The van der Waals surface area contributed by atoms with Crippen molar-refractivity contribution < 1.29 is 5.11 Å². The topological polar surface area (TPSA) is 58.6 Å². The summed E-state index contributed by atoms with van der Waals surface area (Å²) in [4.78, 5) is 4.54. The van der Waals surface area contributed by atoms with E-state index in [-0.39, 0.29) is 11.8 Å². The number of nitrogens with zero attached hydrogens (tertiary/aromatic N) is 1. The first-order valence-corrected chi connectivity index (χ1v) is 5.94. The second-order valence-corrected chi connectivity index (χ2v) is 4.48. The summed E-state index contributed by atoms with van der Waals surface area (Å²) in [6.45, 7) is 0. The fraction of sp³-hybridized carbons (Fsp3) is 0.133. The zero-order valence-corrected chi connectivity index (χ0v) is 9.88. The molecule has 1 heterocycles. The number of phenols is 1. The van der Waals surface area contributed by atoms with E-state index in [4.69, 9.17) is 5.73 Å². The lowest BCUT2D eigenvalue weighted by Gasteiger charge is -2.21. The minimum atomic E-state index is 0.0421. The van der Waals surface area contributed by atoms with E-state index >= 15 is 0 Å². The highest BCUT2D eigenvalue weighted by atomic mass is 16.3. The van der Waals surface area contributed by atoms with Gasteiger partial charge in [-0.1, -0.05) is 36.4 Å². The van der Waals surface area contributed by atoms with Crippen LogP contribution in [0.2, 0.25) is 0 Å². The quantitative estimate of drug-likeness (QED) is 0.801. The molecule has 0 fully saturated rings. The Morgan fingerprint density at radius 3 is 2.56 bits per heavy atom. The van der Waals surface area contributed by atoms with E-state index in [1.807, 2.05) is 30.3 Å². The Kier molecular flexibility index (Phi) is 2.52. The van der Waals surface area contributed by atoms with Crippen LogP contribution in [0.3, 0.4) is 0 Å². The highest BCUT2D eigenvalue weighted by Gasteiger charge is 2.20. The van der Waals surface area contributed by atoms with Crippen LogP contribution >= 0.6 is 0 Å². The number of benzene rings is 2. The molecule has 3 N–H and O–H groups in total. The fourth-order valence-corrected chi connectivity index (χ4v) is 2.33. The zero-order chi connectivity index (χ0) is 12.5. The van der Waals surface area contributed by atoms with Crippen LogP contribution in [-0.2, 0) is 6.42 Å². The maximum atomic E-state index is 9.30. The lowest BCUT2D eigenvalue weighted by molar-refractivity contribution is 0.475. The number of aromatic hydroxyl groups is 1. The molecule has 0 amide bonds. The summed E-state index contributed by atoms with van der Waals surface area (Å²) < 4.78 is 0. The maximum Gasteiger partial charge on any atom is 0.126 e. The van der Waals surface area contributed by atoms with Gasteiger partial charge in [-0.2, -0.15) is 0 Å². The Morgan fingerprint density at radius 1 is 1.06 bits per heavy atom. The lowest BCUT2D eigenvalue weighted by Crippen LogP contribution is -2.22. The van der Waals surface area contributed by atoms with Gasteiger partial charge >= 0.3 is 0 Å². The van der Waals surface area contributed by atoms with Crippen molar-refractivity contribution in [2.75, 3.05) is 0 Å². The molecule has 2 aromatic carbocycles. The summed E-state index contributed by atoms with van der Waals surface area (Å²) in [5, 5.41) is 9.30. The standard InChI is InChI=1S/C15H14N2O/c16-15-13-4-2-1-3-11(13)9-14(17-15)10-5-7-12(18)8-6-10/h1-8,14,18H,9H2,(H2,16,17). The number of rotatable bonds is 1. The third-order valence-electron chi connectivity index (χ3n) is 3.28. The number of nitrogens with two attached hydrogens (primary N) is 1. The van der Waals surface area contributed by atoms with Crippen molar-refractivity contribution in [2.24, 2.45) is 10.7 Å². The highest BCUT2D eigenvalue weighted by molar-refractivity contribution is 5.99. The van der Waals surface area contributed by atoms with Crippen molar-refractivity contribution >= 4 is 5.84 Å². The van der Waals surface area contributed by atoms with Gasteiger partial charge in [0, 0.05) is 5.56 Å². The van der Waals surface area contributed by atoms with E-state index in [0.29, 0.717) is 5.84 Å². The summed E-state index contributed by atoms with van der Waals surface area (Å²) in [7, 11) is 0. The van der Waals surface area contributed by atoms with Gasteiger partial charge in [-0.15, -0.1) is 0 Å². The molecule has 1 aliphatic rings. The van der Waals surface area contributed by atoms with Crippen LogP contribution in [0.5, 0.6) is 5.75 Å². The Morgan fingerprint density at radius 2 is 1.78 bits per heavy atom. The van der Waals surface area contributed by atoms with Gasteiger partial charge in [-0.25, -0.2) is 0 Å². The Hall–Kier alpha value is -2.29. The maximum absolute atomic E-state index is 9.30. The van der Waals surface area contributed by atoms with Crippen LogP contribution in [0.4, 0.5) is 0 Å². The molecule has 0 aromatic heterocycles. The van der Waals surface area contributed by atoms with Crippen molar-refractivity contribution in [1.29, 1.82) is 0 Å². The van der Waals surface area contributed by atoms with E-state index in [9.17, 15) is 5.11 Å². The molecule has 1 aliphatic heterocycles. The summed E-state index contributed by atoms with van der Waals surface area (Å²) in [5.41, 5.74) is 9.34. The molecule has 18 heavy (non-hydrogen) atoms. The molecular formula is C15H14N2O. The Bertz CT molecular complexity index is 602. The molecule has 0 bridgehead atoms. The smallest absolute Gasteiger partial charge is 0.126 e. The Balaban J connectivity index is 1.99. The predicted octanol–water partition coefficient (Wildman–Crippen LogP) is 2.39. The molecule has 3 rings (SSSR count). The number of hydrogen-bond donors (Lipinski definition) is 2. The molecule has 0 radical (unpaired) electrons. The second kappa shape index (κ2) is 4.18. The number of aliphatic imine (C=N–C) groups is 1. The molecule has 3 heteroatoms. The number of fused-ring (bicyclic) bond motifs is 1. The van der Waals surface area contributed by atoms with Crippen LogP contribution in [0.15, 0.2) is 53.5 Å². The lowest BCUT2D eigenvalue weighted by atomic mass is 9.92. The van der Waals surface area contributed by atoms with Gasteiger partial charge in [0.1, 0.15) is 11.6 Å². The van der Waals surface area contributed by atoms with E-state index in [1.54, 1.807) is 12.1 Å². The van der Waals surface area contributed by atoms with Gasteiger partial charge in [-0.05, 0) is 29.7 Å². The van der Waals surface area contributed by atoms with Crippen LogP contribution in [0.1, 0.15) is 22.7 Å². The van der Waals surface area contributed by atoms with E-state index < -0.39 is 0 Å². The Labute approximate surface area is 106 Å². The number of hydrogen-bond acceptors (Lipinski definition) is 3. The van der Waals surface area contributed by atoms with Crippen molar-refractivity contribution in [3.8, 4) is 5.75 Å². The third kappa shape index (κ3) is 1.84. The van der Waals surface area contributed by atoms with Gasteiger partial charge in [0.2, 0.25) is 0 Å². The predicted molar refractivity (Wildman–Crippen MR) is 71.7 cm³/mol.